The number of nitro groups is 1. The molecule has 0 bridgehead atoms. The van der Waals surface area contributed by atoms with Crippen LogP contribution in [0.5, 0.6) is 0 Å². The van der Waals surface area contributed by atoms with Crippen molar-refractivity contribution in [3.8, 4) is 0 Å². The third kappa shape index (κ3) is 6.00. The predicted octanol–water partition coefficient (Wildman–Crippen LogP) is 6.40. The second kappa shape index (κ2) is 11.1. The average Bonchev–Trinajstić information content (AvgIpc) is 2.95. The summed E-state index contributed by atoms with van der Waals surface area (Å²) in [7, 11) is 1.92. The zero-order chi connectivity index (χ0) is 22.5. The summed E-state index contributed by atoms with van der Waals surface area (Å²) in [5.74, 6) is 0.465. The number of hydrogen-bond donors (Lipinski definition) is 0. The lowest BCUT2D eigenvalue weighted by Gasteiger charge is -2.18. The van der Waals surface area contributed by atoms with Crippen LogP contribution in [-0.4, -0.2) is 30.8 Å². The smallest absolute Gasteiger partial charge is 0.270 e. The minimum atomic E-state index is -0.390. The van der Waals surface area contributed by atoms with E-state index in [0.29, 0.717) is 13.1 Å². The molecule has 0 N–H and O–H groups in total. The summed E-state index contributed by atoms with van der Waals surface area (Å²) < 4.78 is 13.8. The number of likely N-dealkylation sites (N-methyl/N-ethyl adjacent to an activating group) is 1. The van der Waals surface area contributed by atoms with Crippen molar-refractivity contribution in [1.29, 1.82) is 0 Å². The van der Waals surface area contributed by atoms with Gasteiger partial charge in [-0.2, -0.15) is 0 Å². The first-order valence-electron chi connectivity index (χ1n) is 10.2. The summed E-state index contributed by atoms with van der Waals surface area (Å²) in [5.41, 5.74) is 4.32. The van der Waals surface area contributed by atoms with Gasteiger partial charge in [-0.25, -0.2) is 4.39 Å². The van der Waals surface area contributed by atoms with Gasteiger partial charge >= 0.3 is 0 Å². The second-order valence-electron chi connectivity index (χ2n) is 7.44. The quantitative estimate of drug-likeness (QED) is 0.231. The number of halogens is 2. The molecule has 3 aromatic rings. The van der Waals surface area contributed by atoms with Gasteiger partial charge in [-0.3, -0.25) is 15.1 Å². The maximum atomic E-state index is 13.8. The molecule has 0 saturated carbocycles. The summed E-state index contributed by atoms with van der Waals surface area (Å²) in [5, 5.41) is 11.3. The molecule has 0 radical (unpaired) electrons. The van der Waals surface area contributed by atoms with Crippen molar-refractivity contribution < 1.29 is 9.31 Å². The first-order valence-corrected chi connectivity index (χ1v) is 11.2. The van der Waals surface area contributed by atoms with Crippen molar-refractivity contribution in [2.45, 2.75) is 10.6 Å². The highest BCUT2D eigenvalue weighted by Crippen LogP contribution is 2.31. The van der Waals surface area contributed by atoms with Gasteiger partial charge in [0.25, 0.3) is 5.69 Å². The van der Waals surface area contributed by atoms with Crippen LogP contribution in [0.3, 0.4) is 0 Å². The lowest BCUT2D eigenvalue weighted by molar-refractivity contribution is -0.384. The van der Waals surface area contributed by atoms with Gasteiger partial charge in [0.1, 0.15) is 5.82 Å². The largest absolute Gasteiger partial charge is 0.372 e. The minimum Gasteiger partial charge on any atom is -0.372 e. The molecule has 170 valence electrons. The maximum absolute atomic E-state index is 13.8. The van der Waals surface area contributed by atoms with Crippen LogP contribution in [-0.2, 0) is 5.75 Å². The Hall–Kier alpha value is -3.16. The third-order valence-electron chi connectivity index (χ3n) is 5.23. The van der Waals surface area contributed by atoms with Crippen LogP contribution in [0.25, 0.3) is 6.08 Å². The lowest BCUT2D eigenvalue weighted by Crippen LogP contribution is -2.20. The van der Waals surface area contributed by atoms with E-state index < -0.39 is 0 Å². The molecule has 8 heteroatoms. The number of nitrogens with zero attached hydrogens (tertiary/aromatic N) is 3. The molecule has 33 heavy (non-hydrogen) atoms. The molecular formula is C25H23ClFN3O2S. The van der Waals surface area contributed by atoms with Crippen LogP contribution >= 0.6 is 24.2 Å². The standard InChI is InChI=1S/C25H22FN3O2S.ClH/c1-28-14-13-27-23(22-10-8-20(26)16-24(22)28)11-7-19-15-21(29(30)31)9-12-25(19)32-17-18-5-3-2-4-6-18;/h2-12,15-16H,13-14,17H2,1H3;1H/b11-7+;. The molecular weight excluding hydrogens is 461 g/mol. The first kappa shape index (κ1) is 24.5. The number of hydrogen-bond acceptors (Lipinski definition) is 5. The Kier molecular flexibility index (Phi) is 8.25. The van der Waals surface area contributed by atoms with Gasteiger partial charge in [0.05, 0.1) is 17.2 Å². The Morgan fingerprint density at radius 3 is 2.67 bits per heavy atom. The number of non-ortho nitro benzene ring substituents is 1. The van der Waals surface area contributed by atoms with Crippen LogP contribution in [0.1, 0.15) is 16.7 Å². The van der Waals surface area contributed by atoms with Gasteiger partial charge in [-0.1, -0.05) is 36.4 Å². The fourth-order valence-electron chi connectivity index (χ4n) is 3.52. The molecule has 0 spiro atoms. The van der Waals surface area contributed by atoms with Crippen molar-refractivity contribution in [2.75, 3.05) is 25.0 Å². The fraction of sp³-hybridized carbons (Fsp3) is 0.160. The van der Waals surface area contributed by atoms with E-state index in [1.54, 1.807) is 30.0 Å². The van der Waals surface area contributed by atoms with Crippen LogP contribution in [0.2, 0.25) is 0 Å². The molecule has 1 heterocycles. The van der Waals surface area contributed by atoms with Crippen LogP contribution in [0.15, 0.2) is 82.7 Å². The topological polar surface area (TPSA) is 58.7 Å². The van der Waals surface area contributed by atoms with Gasteiger partial charge < -0.3 is 4.90 Å². The maximum Gasteiger partial charge on any atom is 0.270 e. The fourth-order valence-corrected chi connectivity index (χ4v) is 4.49. The first-order chi connectivity index (χ1) is 15.5. The van der Waals surface area contributed by atoms with E-state index >= 15 is 0 Å². The van der Waals surface area contributed by atoms with E-state index in [2.05, 4.69) is 17.1 Å². The molecule has 3 aromatic carbocycles. The summed E-state index contributed by atoms with van der Waals surface area (Å²) in [6.45, 7) is 1.26. The van der Waals surface area contributed by atoms with Gasteiger partial charge in [0.15, 0.2) is 0 Å². The molecule has 4 rings (SSSR count). The van der Waals surface area contributed by atoms with Crippen LogP contribution in [0.4, 0.5) is 15.8 Å². The third-order valence-corrected chi connectivity index (χ3v) is 6.39. The Balaban J connectivity index is 0.00000306. The molecule has 0 saturated heterocycles. The zero-order valence-electron chi connectivity index (χ0n) is 18.0. The highest BCUT2D eigenvalue weighted by atomic mass is 35.5. The van der Waals surface area contributed by atoms with Crippen molar-refractivity contribution in [3.63, 3.8) is 0 Å². The predicted molar refractivity (Wildman–Crippen MR) is 136 cm³/mol. The van der Waals surface area contributed by atoms with Crippen molar-refractivity contribution in [1.82, 2.24) is 0 Å². The Morgan fingerprint density at radius 1 is 1.12 bits per heavy atom. The zero-order valence-corrected chi connectivity index (χ0v) is 19.6. The van der Waals surface area contributed by atoms with E-state index in [9.17, 15) is 14.5 Å². The van der Waals surface area contributed by atoms with Gasteiger partial charge in [0.2, 0.25) is 0 Å². The minimum absolute atomic E-state index is 0. The van der Waals surface area contributed by atoms with Gasteiger partial charge in [-0.15, -0.1) is 24.2 Å². The number of nitro benzene ring substituents is 1. The highest BCUT2D eigenvalue weighted by Gasteiger charge is 2.16. The molecule has 0 aliphatic carbocycles. The Morgan fingerprint density at radius 2 is 1.91 bits per heavy atom. The summed E-state index contributed by atoms with van der Waals surface area (Å²) in [6, 6.07) is 19.6. The number of anilines is 1. The second-order valence-corrected chi connectivity index (χ2v) is 8.45. The van der Waals surface area contributed by atoms with E-state index in [1.807, 2.05) is 42.3 Å². The van der Waals surface area contributed by atoms with Gasteiger partial charge in [0, 0.05) is 47.6 Å². The van der Waals surface area contributed by atoms with E-state index in [-0.39, 0.29) is 28.8 Å². The van der Waals surface area contributed by atoms with E-state index in [0.717, 1.165) is 33.2 Å². The Bertz CT molecular complexity index is 1200. The molecule has 0 unspecified atom stereocenters. The molecule has 0 amide bonds. The number of allylic oxidation sites excluding steroid dienone is 1. The van der Waals surface area contributed by atoms with Gasteiger partial charge in [-0.05, 0) is 41.5 Å². The number of fused-ring (bicyclic) bond motifs is 1. The van der Waals surface area contributed by atoms with Crippen LogP contribution < -0.4 is 4.90 Å². The SMILES string of the molecule is CN1CCN=C(/C=C/c2cc([N+](=O)[O-])ccc2SCc2ccccc2)c2ccc(F)cc21.Cl. The monoisotopic (exact) mass is 483 g/mol. The van der Waals surface area contributed by atoms with E-state index in [4.69, 9.17) is 0 Å². The normalized spacial score (nSPS) is 13.2. The summed E-state index contributed by atoms with van der Waals surface area (Å²) >= 11 is 1.63. The molecule has 0 fully saturated rings. The average molecular weight is 484 g/mol. The molecule has 1 aliphatic rings. The molecule has 5 nitrogen and oxygen atoms in total. The highest BCUT2D eigenvalue weighted by molar-refractivity contribution is 7.98. The number of benzodiazepines with no additional fused rings is 1. The molecule has 1 aliphatic heterocycles. The lowest BCUT2D eigenvalue weighted by atomic mass is 10.1. The molecule has 0 aromatic heterocycles. The summed E-state index contributed by atoms with van der Waals surface area (Å²) in [6.07, 6.45) is 3.72. The van der Waals surface area contributed by atoms with Crippen molar-refractivity contribution in [3.05, 3.63) is 105 Å². The van der Waals surface area contributed by atoms with Crippen molar-refractivity contribution >= 4 is 47.3 Å². The van der Waals surface area contributed by atoms with E-state index in [1.165, 1.54) is 23.8 Å². The molecule has 0 atom stereocenters. The van der Waals surface area contributed by atoms with Crippen molar-refractivity contribution in [2.24, 2.45) is 4.99 Å². The number of thioether (sulfide) groups is 1. The van der Waals surface area contributed by atoms with Crippen LogP contribution in [0, 0.1) is 15.9 Å². The number of rotatable bonds is 6. The number of benzene rings is 3. The number of aliphatic imine (C=N–C) groups is 1. The Labute approximate surface area is 202 Å². The summed E-state index contributed by atoms with van der Waals surface area (Å²) in [4.78, 5) is 18.5.